The van der Waals surface area contributed by atoms with Gasteiger partial charge in [0.15, 0.2) is 0 Å². The standard InChI is InChI=1S/C10H16N2O2/c1-6-3-2-4-7(5-6)8-9(13)12-10(14)11-8/h6-8H,2-5H2,1H3,(H2,11,12,13,14). The van der Waals surface area contributed by atoms with E-state index in [0.717, 1.165) is 12.8 Å². The number of carbonyl (C=O) groups excluding carboxylic acids is 2. The number of carbonyl (C=O) groups is 2. The predicted octanol–water partition coefficient (Wildman–Crippen LogP) is 1.02. The van der Waals surface area contributed by atoms with Crippen LogP contribution in [0.3, 0.4) is 0 Å². The van der Waals surface area contributed by atoms with E-state index >= 15 is 0 Å². The van der Waals surface area contributed by atoms with Gasteiger partial charge >= 0.3 is 6.03 Å². The average molecular weight is 196 g/mol. The largest absolute Gasteiger partial charge is 0.326 e. The Labute approximate surface area is 83.4 Å². The Bertz CT molecular complexity index is 265. The first kappa shape index (κ1) is 9.49. The molecule has 4 heteroatoms. The Morgan fingerprint density at radius 2 is 2.07 bits per heavy atom. The average Bonchev–Trinajstić information content (AvgIpc) is 2.45. The van der Waals surface area contributed by atoms with Gasteiger partial charge in [-0.05, 0) is 24.7 Å². The molecule has 0 aromatic heterocycles. The number of amides is 3. The highest BCUT2D eigenvalue weighted by Gasteiger charge is 2.37. The number of hydrogen-bond donors (Lipinski definition) is 2. The van der Waals surface area contributed by atoms with Gasteiger partial charge in [0.1, 0.15) is 6.04 Å². The molecular formula is C10H16N2O2. The Morgan fingerprint density at radius 3 is 2.64 bits per heavy atom. The van der Waals surface area contributed by atoms with Gasteiger partial charge in [0.25, 0.3) is 5.91 Å². The second-order valence-electron chi connectivity index (χ2n) is 4.47. The smallest absolute Gasteiger partial charge is 0.322 e. The molecule has 0 aromatic rings. The highest BCUT2D eigenvalue weighted by Crippen LogP contribution is 2.31. The monoisotopic (exact) mass is 196 g/mol. The fourth-order valence-electron chi connectivity index (χ4n) is 2.55. The van der Waals surface area contributed by atoms with E-state index in [4.69, 9.17) is 0 Å². The van der Waals surface area contributed by atoms with E-state index in [1.807, 2.05) is 0 Å². The Morgan fingerprint density at radius 1 is 1.29 bits per heavy atom. The second kappa shape index (κ2) is 3.59. The molecule has 1 saturated carbocycles. The van der Waals surface area contributed by atoms with Gasteiger partial charge in [-0.15, -0.1) is 0 Å². The van der Waals surface area contributed by atoms with Gasteiger partial charge in [-0.3, -0.25) is 10.1 Å². The summed E-state index contributed by atoms with van der Waals surface area (Å²) in [5.41, 5.74) is 0. The second-order valence-corrected chi connectivity index (χ2v) is 4.47. The van der Waals surface area contributed by atoms with E-state index in [2.05, 4.69) is 17.6 Å². The summed E-state index contributed by atoms with van der Waals surface area (Å²) < 4.78 is 0. The van der Waals surface area contributed by atoms with E-state index in [9.17, 15) is 9.59 Å². The molecule has 1 aliphatic carbocycles. The van der Waals surface area contributed by atoms with Crippen LogP contribution >= 0.6 is 0 Å². The lowest BCUT2D eigenvalue weighted by Crippen LogP contribution is -2.39. The third-order valence-electron chi connectivity index (χ3n) is 3.25. The molecule has 0 aromatic carbocycles. The van der Waals surface area contributed by atoms with Gasteiger partial charge < -0.3 is 5.32 Å². The van der Waals surface area contributed by atoms with Crippen LogP contribution in [-0.2, 0) is 4.79 Å². The van der Waals surface area contributed by atoms with Gasteiger partial charge in [0.2, 0.25) is 0 Å². The van der Waals surface area contributed by atoms with Gasteiger partial charge in [-0.25, -0.2) is 4.79 Å². The molecule has 4 nitrogen and oxygen atoms in total. The van der Waals surface area contributed by atoms with Gasteiger partial charge in [-0.1, -0.05) is 19.8 Å². The number of imide groups is 1. The first-order valence-electron chi connectivity index (χ1n) is 5.28. The zero-order valence-electron chi connectivity index (χ0n) is 8.38. The van der Waals surface area contributed by atoms with Crippen molar-refractivity contribution in [1.82, 2.24) is 10.6 Å². The van der Waals surface area contributed by atoms with E-state index in [-0.39, 0.29) is 18.0 Å². The summed E-state index contributed by atoms with van der Waals surface area (Å²) in [6.07, 6.45) is 4.53. The molecule has 3 atom stereocenters. The molecule has 1 aliphatic heterocycles. The first-order valence-corrected chi connectivity index (χ1v) is 5.28. The number of urea groups is 1. The SMILES string of the molecule is CC1CCCC(C2NC(=O)NC2=O)C1. The van der Waals surface area contributed by atoms with Crippen molar-refractivity contribution in [1.29, 1.82) is 0 Å². The minimum atomic E-state index is -0.335. The zero-order valence-corrected chi connectivity index (χ0v) is 8.38. The van der Waals surface area contributed by atoms with Crippen LogP contribution in [0.5, 0.6) is 0 Å². The van der Waals surface area contributed by atoms with Crippen molar-refractivity contribution in [3.63, 3.8) is 0 Å². The Hall–Kier alpha value is -1.06. The Balaban J connectivity index is 2.00. The van der Waals surface area contributed by atoms with Gasteiger partial charge in [-0.2, -0.15) is 0 Å². The summed E-state index contributed by atoms with van der Waals surface area (Å²) in [5, 5.41) is 4.98. The highest BCUT2D eigenvalue weighted by atomic mass is 16.2. The van der Waals surface area contributed by atoms with Gasteiger partial charge in [0, 0.05) is 0 Å². The van der Waals surface area contributed by atoms with Crippen molar-refractivity contribution in [3.05, 3.63) is 0 Å². The quantitative estimate of drug-likeness (QED) is 0.615. The van der Waals surface area contributed by atoms with Crippen LogP contribution in [0.2, 0.25) is 0 Å². The molecule has 0 bridgehead atoms. The third kappa shape index (κ3) is 1.74. The maximum Gasteiger partial charge on any atom is 0.322 e. The zero-order chi connectivity index (χ0) is 10.1. The van der Waals surface area contributed by atoms with Crippen LogP contribution in [0.15, 0.2) is 0 Å². The summed E-state index contributed by atoms with van der Waals surface area (Å²) in [5.74, 6) is 0.873. The molecule has 1 saturated heterocycles. The number of nitrogens with one attached hydrogen (secondary N) is 2. The lowest BCUT2D eigenvalue weighted by molar-refractivity contribution is -0.121. The van der Waals surface area contributed by atoms with E-state index in [1.54, 1.807) is 0 Å². The first-order chi connectivity index (χ1) is 6.66. The summed E-state index contributed by atoms with van der Waals surface area (Å²) in [6.45, 7) is 2.21. The fourth-order valence-corrected chi connectivity index (χ4v) is 2.55. The van der Waals surface area contributed by atoms with Gasteiger partial charge in [0.05, 0.1) is 0 Å². The van der Waals surface area contributed by atoms with Crippen molar-refractivity contribution in [2.75, 3.05) is 0 Å². The molecule has 14 heavy (non-hydrogen) atoms. The molecule has 2 aliphatic rings. The van der Waals surface area contributed by atoms with Crippen LogP contribution < -0.4 is 10.6 Å². The highest BCUT2D eigenvalue weighted by molar-refractivity contribution is 6.04. The van der Waals surface area contributed by atoms with Crippen molar-refractivity contribution in [3.8, 4) is 0 Å². The molecule has 0 radical (unpaired) electrons. The maximum atomic E-state index is 11.4. The van der Waals surface area contributed by atoms with Crippen LogP contribution in [0.25, 0.3) is 0 Å². The molecule has 2 N–H and O–H groups in total. The summed E-state index contributed by atoms with van der Waals surface area (Å²) >= 11 is 0. The van der Waals surface area contributed by atoms with E-state index in [1.165, 1.54) is 12.8 Å². The predicted molar refractivity (Wildman–Crippen MR) is 51.6 cm³/mol. The molecule has 2 rings (SSSR count). The maximum absolute atomic E-state index is 11.4. The van der Waals surface area contributed by atoms with Crippen LogP contribution in [0, 0.1) is 11.8 Å². The molecule has 2 fully saturated rings. The lowest BCUT2D eigenvalue weighted by Gasteiger charge is -2.29. The van der Waals surface area contributed by atoms with Crippen molar-refractivity contribution in [2.45, 2.75) is 38.6 Å². The fraction of sp³-hybridized carbons (Fsp3) is 0.800. The van der Waals surface area contributed by atoms with Crippen LogP contribution in [0.4, 0.5) is 4.79 Å². The summed E-state index contributed by atoms with van der Waals surface area (Å²) in [7, 11) is 0. The lowest BCUT2D eigenvalue weighted by atomic mass is 9.78. The Kier molecular flexibility index (Phi) is 2.44. The normalized spacial score (nSPS) is 37.9. The molecule has 78 valence electrons. The summed E-state index contributed by atoms with van der Waals surface area (Å²) in [6, 6.07) is -0.608. The minimum Gasteiger partial charge on any atom is -0.326 e. The number of hydrogen-bond acceptors (Lipinski definition) is 2. The van der Waals surface area contributed by atoms with Crippen LogP contribution in [0.1, 0.15) is 32.6 Å². The molecule has 1 heterocycles. The topological polar surface area (TPSA) is 58.2 Å². The molecule has 0 spiro atoms. The van der Waals surface area contributed by atoms with Crippen molar-refractivity contribution < 1.29 is 9.59 Å². The summed E-state index contributed by atoms with van der Waals surface area (Å²) in [4.78, 5) is 22.3. The van der Waals surface area contributed by atoms with E-state index in [0.29, 0.717) is 11.8 Å². The van der Waals surface area contributed by atoms with E-state index < -0.39 is 0 Å². The minimum absolute atomic E-state index is 0.144. The molecule has 3 amide bonds. The third-order valence-corrected chi connectivity index (χ3v) is 3.25. The van der Waals surface area contributed by atoms with Crippen molar-refractivity contribution in [2.24, 2.45) is 11.8 Å². The van der Waals surface area contributed by atoms with Crippen molar-refractivity contribution >= 4 is 11.9 Å². The molecule has 3 unspecified atom stereocenters. The number of rotatable bonds is 1. The van der Waals surface area contributed by atoms with Crippen LogP contribution in [-0.4, -0.2) is 18.0 Å². The molecular weight excluding hydrogens is 180 g/mol.